The van der Waals surface area contributed by atoms with Crippen molar-refractivity contribution in [3.8, 4) is 0 Å². The number of H-pyrrole nitrogens is 1. The van der Waals surface area contributed by atoms with Crippen LogP contribution in [0.25, 0.3) is 11.2 Å². The first-order valence-corrected chi connectivity index (χ1v) is 4.87. The Bertz CT molecular complexity index is 511. The monoisotopic (exact) mass is 237 g/mol. The molecule has 17 heavy (non-hydrogen) atoms. The summed E-state index contributed by atoms with van der Waals surface area (Å²) >= 11 is 0. The Labute approximate surface area is 95.6 Å². The average molecular weight is 237 g/mol. The molecule has 0 saturated heterocycles. The number of hydrogen-bond acceptors (Lipinski definition) is 6. The SMILES string of the molecule is O=C(NO)NCCNc1ncnc2nc[nH]c12. The molecule has 9 heteroatoms. The average Bonchev–Trinajstić information content (AvgIpc) is 2.83. The quantitative estimate of drug-likeness (QED) is 0.276. The lowest BCUT2D eigenvalue weighted by Gasteiger charge is -2.06. The van der Waals surface area contributed by atoms with E-state index in [-0.39, 0.29) is 0 Å². The maximum atomic E-state index is 10.7. The van der Waals surface area contributed by atoms with E-state index in [2.05, 4.69) is 30.6 Å². The number of nitrogens with one attached hydrogen (secondary N) is 4. The van der Waals surface area contributed by atoms with E-state index in [1.54, 1.807) is 0 Å². The molecule has 0 aliphatic carbocycles. The van der Waals surface area contributed by atoms with Gasteiger partial charge in [-0.1, -0.05) is 0 Å². The molecule has 0 spiro atoms. The molecule has 9 nitrogen and oxygen atoms in total. The van der Waals surface area contributed by atoms with Crippen molar-refractivity contribution in [1.29, 1.82) is 0 Å². The molecule has 0 saturated carbocycles. The van der Waals surface area contributed by atoms with Crippen molar-refractivity contribution >= 4 is 23.0 Å². The Balaban J connectivity index is 1.91. The highest BCUT2D eigenvalue weighted by Gasteiger charge is 2.04. The van der Waals surface area contributed by atoms with Gasteiger partial charge in [0.05, 0.1) is 6.33 Å². The van der Waals surface area contributed by atoms with Gasteiger partial charge in [-0.3, -0.25) is 5.21 Å². The van der Waals surface area contributed by atoms with Gasteiger partial charge in [-0.05, 0) is 0 Å². The van der Waals surface area contributed by atoms with Gasteiger partial charge >= 0.3 is 6.03 Å². The van der Waals surface area contributed by atoms with Crippen LogP contribution in [0.15, 0.2) is 12.7 Å². The predicted octanol–water partition coefficient (Wildman–Crippen LogP) is -0.547. The Morgan fingerprint density at radius 1 is 1.35 bits per heavy atom. The number of nitrogens with zero attached hydrogens (tertiary/aromatic N) is 3. The number of hydrogen-bond donors (Lipinski definition) is 5. The Morgan fingerprint density at radius 3 is 3.06 bits per heavy atom. The number of carbonyl (C=O) groups excluding carboxylic acids is 1. The van der Waals surface area contributed by atoms with Crippen molar-refractivity contribution in [2.24, 2.45) is 0 Å². The van der Waals surface area contributed by atoms with Crippen LogP contribution in [-0.2, 0) is 0 Å². The van der Waals surface area contributed by atoms with Crippen LogP contribution >= 0.6 is 0 Å². The number of amides is 2. The minimum atomic E-state index is -0.652. The maximum Gasteiger partial charge on any atom is 0.338 e. The van der Waals surface area contributed by atoms with E-state index < -0.39 is 6.03 Å². The Kier molecular flexibility index (Phi) is 3.31. The summed E-state index contributed by atoms with van der Waals surface area (Å²) in [5.41, 5.74) is 2.75. The van der Waals surface area contributed by atoms with E-state index in [1.807, 2.05) is 0 Å². The molecule has 2 rings (SSSR count). The van der Waals surface area contributed by atoms with Gasteiger partial charge < -0.3 is 15.6 Å². The van der Waals surface area contributed by atoms with Gasteiger partial charge in [0.1, 0.15) is 11.8 Å². The fourth-order valence-corrected chi connectivity index (χ4v) is 1.30. The van der Waals surface area contributed by atoms with Gasteiger partial charge in [-0.25, -0.2) is 25.2 Å². The third-order valence-corrected chi connectivity index (χ3v) is 2.03. The molecule has 5 N–H and O–H groups in total. The number of carbonyl (C=O) groups is 1. The lowest BCUT2D eigenvalue weighted by atomic mass is 10.5. The first-order chi connectivity index (χ1) is 8.31. The zero-order chi connectivity index (χ0) is 12.1. The molecule has 2 heterocycles. The third kappa shape index (κ3) is 2.58. The highest BCUT2D eigenvalue weighted by molar-refractivity contribution is 5.81. The van der Waals surface area contributed by atoms with Crippen molar-refractivity contribution in [3.05, 3.63) is 12.7 Å². The van der Waals surface area contributed by atoms with Crippen LogP contribution in [0.2, 0.25) is 0 Å². The lowest BCUT2D eigenvalue weighted by molar-refractivity contribution is 0.162. The minimum Gasteiger partial charge on any atom is -0.366 e. The first-order valence-electron chi connectivity index (χ1n) is 4.87. The smallest absolute Gasteiger partial charge is 0.338 e. The minimum absolute atomic E-state index is 0.339. The summed E-state index contributed by atoms with van der Waals surface area (Å²) in [6.45, 7) is 0.796. The molecule has 0 aliphatic rings. The largest absolute Gasteiger partial charge is 0.366 e. The second kappa shape index (κ2) is 5.07. The molecule has 0 unspecified atom stereocenters. The normalized spacial score (nSPS) is 10.2. The van der Waals surface area contributed by atoms with Crippen LogP contribution in [0.5, 0.6) is 0 Å². The van der Waals surface area contributed by atoms with Crippen LogP contribution in [-0.4, -0.2) is 44.3 Å². The summed E-state index contributed by atoms with van der Waals surface area (Å²) in [5, 5.41) is 13.7. The number of imidazole rings is 1. The molecule has 90 valence electrons. The highest BCUT2D eigenvalue weighted by Crippen LogP contribution is 2.13. The summed E-state index contributed by atoms with van der Waals surface area (Å²) in [7, 11) is 0. The van der Waals surface area contributed by atoms with Crippen molar-refractivity contribution in [2.75, 3.05) is 18.4 Å². The van der Waals surface area contributed by atoms with Crippen molar-refractivity contribution in [3.63, 3.8) is 0 Å². The molecule has 0 aromatic carbocycles. The standard InChI is InChI=1S/C8H11N7O2/c16-8(15-17)10-2-1-9-6-5-7(12-3-11-5)14-4-13-6/h3-4,17H,1-2H2,(H2,10,15,16)(H2,9,11,12,13,14). The van der Waals surface area contributed by atoms with Gasteiger partial charge in [0.25, 0.3) is 0 Å². The topological polar surface area (TPSA) is 128 Å². The molecular weight excluding hydrogens is 226 g/mol. The van der Waals surface area contributed by atoms with E-state index in [0.717, 1.165) is 0 Å². The van der Waals surface area contributed by atoms with Crippen LogP contribution in [0.3, 0.4) is 0 Å². The number of hydroxylamine groups is 1. The number of rotatable bonds is 4. The van der Waals surface area contributed by atoms with Crippen molar-refractivity contribution < 1.29 is 10.0 Å². The van der Waals surface area contributed by atoms with E-state index in [1.165, 1.54) is 18.1 Å². The molecule has 0 radical (unpaired) electrons. The molecule has 0 aliphatic heterocycles. The third-order valence-electron chi connectivity index (χ3n) is 2.03. The number of fused-ring (bicyclic) bond motifs is 1. The Hall–Kier alpha value is -2.42. The molecule has 2 aromatic heterocycles. The van der Waals surface area contributed by atoms with Crippen LogP contribution in [0.1, 0.15) is 0 Å². The number of aromatic amines is 1. The second-order valence-corrected chi connectivity index (χ2v) is 3.12. The lowest BCUT2D eigenvalue weighted by Crippen LogP contribution is -2.36. The van der Waals surface area contributed by atoms with Gasteiger partial charge in [-0.2, -0.15) is 0 Å². The number of urea groups is 1. The van der Waals surface area contributed by atoms with E-state index >= 15 is 0 Å². The van der Waals surface area contributed by atoms with Gasteiger partial charge in [0.15, 0.2) is 11.5 Å². The fourth-order valence-electron chi connectivity index (χ4n) is 1.30. The summed E-state index contributed by atoms with van der Waals surface area (Å²) in [5.74, 6) is 0.610. The van der Waals surface area contributed by atoms with E-state index in [4.69, 9.17) is 5.21 Å². The molecule has 0 bridgehead atoms. The summed E-state index contributed by atoms with van der Waals surface area (Å²) < 4.78 is 0. The maximum absolute atomic E-state index is 10.7. The first kappa shape index (κ1) is 11.1. The van der Waals surface area contributed by atoms with Crippen molar-refractivity contribution in [2.45, 2.75) is 0 Å². The molecule has 2 aromatic rings. The fraction of sp³-hybridized carbons (Fsp3) is 0.250. The second-order valence-electron chi connectivity index (χ2n) is 3.12. The molecule has 0 atom stereocenters. The van der Waals surface area contributed by atoms with Crippen molar-refractivity contribution in [1.82, 2.24) is 30.7 Å². The Morgan fingerprint density at radius 2 is 2.24 bits per heavy atom. The highest BCUT2D eigenvalue weighted by atomic mass is 16.5. The van der Waals surface area contributed by atoms with Gasteiger partial charge in [-0.15, -0.1) is 0 Å². The molecule has 2 amide bonds. The van der Waals surface area contributed by atoms with E-state index in [9.17, 15) is 4.79 Å². The summed E-state index contributed by atoms with van der Waals surface area (Å²) in [4.78, 5) is 25.6. The number of anilines is 1. The number of aromatic nitrogens is 4. The molecule has 0 fully saturated rings. The van der Waals surface area contributed by atoms with Crippen LogP contribution in [0, 0.1) is 0 Å². The van der Waals surface area contributed by atoms with Gasteiger partial charge in [0, 0.05) is 13.1 Å². The zero-order valence-corrected chi connectivity index (χ0v) is 8.77. The zero-order valence-electron chi connectivity index (χ0n) is 8.77. The van der Waals surface area contributed by atoms with Crippen LogP contribution < -0.4 is 16.1 Å². The van der Waals surface area contributed by atoms with Gasteiger partial charge in [0.2, 0.25) is 0 Å². The van der Waals surface area contributed by atoms with Crippen LogP contribution in [0.4, 0.5) is 10.6 Å². The predicted molar refractivity (Wildman–Crippen MR) is 58.5 cm³/mol. The molecular formula is C8H11N7O2. The summed E-state index contributed by atoms with van der Waals surface area (Å²) in [6.07, 6.45) is 2.93. The van der Waals surface area contributed by atoms with E-state index in [0.29, 0.717) is 30.1 Å². The summed E-state index contributed by atoms with van der Waals surface area (Å²) in [6, 6.07) is -0.652.